The average molecular weight is 473 g/mol. The second kappa shape index (κ2) is 9.58. The minimum atomic E-state index is -0.967. The Labute approximate surface area is 168 Å². The third-order valence-electron chi connectivity index (χ3n) is 3.85. The first kappa shape index (κ1) is 20.2. The van der Waals surface area contributed by atoms with Crippen LogP contribution in [-0.2, 0) is 6.54 Å². The molecule has 1 atom stereocenters. The summed E-state index contributed by atoms with van der Waals surface area (Å²) in [4.78, 5) is 4.10. The second-order valence-corrected chi connectivity index (χ2v) is 5.53. The Kier molecular flexibility index (Phi) is 7.46. The van der Waals surface area contributed by atoms with E-state index < -0.39 is 11.9 Å². The van der Waals surface area contributed by atoms with Gasteiger partial charge in [-0.05, 0) is 23.8 Å². The van der Waals surface area contributed by atoms with Crippen molar-refractivity contribution in [3.05, 3.63) is 59.4 Å². The second-order valence-electron chi connectivity index (χ2n) is 5.53. The minimum absolute atomic E-state index is 0. The molecule has 6 nitrogen and oxygen atoms in total. The number of rotatable bonds is 5. The molecule has 1 heterocycles. The van der Waals surface area contributed by atoms with Gasteiger partial charge < -0.3 is 25.2 Å². The largest absolute Gasteiger partial charge is 0.454 e. The van der Waals surface area contributed by atoms with E-state index in [1.54, 1.807) is 25.2 Å². The number of halogens is 2. The van der Waals surface area contributed by atoms with Gasteiger partial charge in [-0.2, -0.15) is 0 Å². The zero-order chi connectivity index (χ0) is 17.6. The quantitative estimate of drug-likeness (QED) is 0.354. The monoisotopic (exact) mass is 473 g/mol. The molecule has 0 aromatic heterocycles. The van der Waals surface area contributed by atoms with Gasteiger partial charge >= 0.3 is 0 Å². The summed E-state index contributed by atoms with van der Waals surface area (Å²) in [7, 11) is 1.63. The fraction of sp³-hybridized carbons (Fsp3) is 0.278. The number of aliphatic hydroxyl groups excluding tert-OH is 1. The van der Waals surface area contributed by atoms with Gasteiger partial charge in [0.25, 0.3) is 0 Å². The Hall–Kier alpha value is -2.07. The zero-order valence-electron chi connectivity index (χ0n) is 14.2. The number of nitrogens with one attached hydrogen (secondary N) is 2. The topological polar surface area (TPSA) is 75.1 Å². The first-order chi connectivity index (χ1) is 12.2. The lowest BCUT2D eigenvalue weighted by Gasteiger charge is -2.16. The maximum Gasteiger partial charge on any atom is 0.231 e. The first-order valence-electron chi connectivity index (χ1n) is 7.93. The van der Waals surface area contributed by atoms with E-state index in [-0.39, 0.29) is 42.9 Å². The molecular weight excluding hydrogens is 452 g/mol. The molecular formula is C18H21FIN3O3. The molecule has 1 aliphatic rings. The van der Waals surface area contributed by atoms with E-state index in [0.29, 0.717) is 12.5 Å². The van der Waals surface area contributed by atoms with Crippen LogP contribution < -0.4 is 20.1 Å². The van der Waals surface area contributed by atoms with Crippen molar-refractivity contribution in [2.45, 2.75) is 12.6 Å². The van der Waals surface area contributed by atoms with Crippen LogP contribution in [0.5, 0.6) is 11.5 Å². The van der Waals surface area contributed by atoms with Crippen LogP contribution in [0.2, 0.25) is 0 Å². The van der Waals surface area contributed by atoms with Crippen molar-refractivity contribution in [2.24, 2.45) is 4.99 Å². The molecule has 2 aromatic rings. The molecule has 0 spiro atoms. The number of aliphatic hydroxyl groups is 1. The molecule has 8 heteroatoms. The van der Waals surface area contributed by atoms with E-state index in [9.17, 15) is 9.50 Å². The van der Waals surface area contributed by atoms with Gasteiger partial charge in [0.1, 0.15) is 5.82 Å². The van der Waals surface area contributed by atoms with Crippen LogP contribution >= 0.6 is 24.0 Å². The summed E-state index contributed by atoms with van der Waals surface area (Å²) in [6.45, 7) is 0.900. The highest BCUT2D eigenvalue weighted by Crippen LogP contribution is 2.32. The highest BCUT2D eigenvalue weighted by atomic mass is 127. The van der Waals surface area contributed by atoms with Gasteiger partial charge in [0.05, 0.1) is 6.10 Å². The van der Waals surface area contributed by atoms with Crippen LogP contribution in [0.4, 0.5) is 4.39 Å². The van der Waals surface area contributed by atoms with Crippen molar-refractivity contribution >= 4 is 29.9 Å². The average Bonchev–Trinajstić information content (AvgIpc) is 3.09. The van der Waals surface area contributed by atoms with Crippen molar-refractivity contribution in [2.75, 3.05) is 20.4 Å². The minimum Gasteiger partial charge on any atom is -0.454 e. The van der Waals surface area contributed by atoms with Gasteiger partial charge in [-0.25, -0.2) is 4.39 Å². The SMILES string of the molecule is CN=C(NCc1ccc2c(c1)OCO2)NCC(O)c1ccccc1F.I. The number of aliphatic imine (C=N–C) groups is 1. The molecule has 0 amide bonds. The molecule has 3 N–H and O–H groups in total. The van der Waals surface area contributed by atoms with Gasteiger partial charge in [-0.1, -0.05) is 24.3 Å². The lowest BCUT2D eigenvalue weighted by atomic mass is 10.1. The van der Waals surface area contributed by atoms with Crippen LogP contribution in [0, 0.1) is 5.82 Å². The molecule has 0 fully saturated rings. The number of nitrogens with zero attached hydrogens (tertiary/aromatic N) is 1. The Morgan fingerprint density at radius 2 is 1.96 bits per heavy atom. The number of benzene rings is 2. The van der Waals surface area contributed by atoms with Gasteiger partial charge in [0.15, 0.2) is 17.5 Å². The molecule has 0 radical (unpaired) electrons. The fourth-order valence-electron chi connectivity index (χ4n) is 2.51. The zero-order valence-corrected chi connectivity index (χ0v) is 16.6. The normalized spacial score (nSPS) is 13.7. The van der Waals surface area contributed by atoms with E-state index in [0.717, 1.165) is 17.1 Å². The summed E-state index contributed by atoms with van der Waals surface area (Å²) in [5.41, 5.74) is 1.25. The van der Waals surface area contributed by atoms with Crippen LogP contribution in [-0.4, -0.2) is 31.5 Å². The number of hydrogen-bond donors (Lipinski definition) is 3. The van der Waals surface area contributed by atoms with E-state index in [1.165, 1.54) is 6.07 Å². The van der Waals surface area contributed by atoms with Crippen molar-refractivity contribution < 1.29 is 19.0 Å². The summed E-state index contributed by atoms with van der Waals surface area (Å²) in [6.07, 6.45) is -0.967. The third kappa shape index (κ3) is 4.98. The van der Waals surface area contributed by atoms with Crippen LogP contribution in [0.3, 0.4) is 0 Å². The summed E-state index contributed by atoms with van der Waals surface area (Å²) < 4.78 is 24.3. The molecule has 140 valence electrons. The predicted molar refractivity (Wildman–Crippen MR) is 108 cm³/mol. The summed E-state index contributed by atoms with van der Waals surface area (Å²) in [5.74, 6) is 1.53. The van der Waals surface area contributed by atoms with Gasteiger partial charge in [-0.3, -0.25) is 4.99 Å². The van der Waals surface area contributed by atoms with Gasteiger partial charge in [-0.15, -0.1) is 24.0 Å². The van der Waals surface area contributed by atoms with E-state index in [1.807, 2.05) is 18.2 Å². The van der Waals surface area contributed by atoms with Crippen LogP contribution in [0.15, 0.2) is 47.5 Å². The molecule has 0 saturated heterocycles. The molecule has 1 aliphatic heterocycles. The Bertz CT molecular complexity index is 773. The molecule has 0 bridgehead atoms. The molecule has 0 aliphatic carbocycles. The molecule has 26 heavy (non-hydrogen) atoms. The van der Waals surface area contributed by atoms with Crippen molar-refractivity contribution in [1.29, 1.82) is 0 Å². The number of guanidine groups is 1. The molecule has 3 rings (SSSR count). The summed E-state index contributed by atoms with van der Waals surface area (Å²) >= 11 is 0. The molecule has 0 saturated carbocycles. The van der Waals surface area contributed by atoms with E-state index in [2.05, 4.69) is 15.6 Å². The Morgan fingerprint density at radius 3 is 2.73 bits per heavy atom. The van der Waals surface area contributed by atoms with Gasteiger partial charge in [0.2, 0.25) is 6.79 Å². The van der Waals surface area contributed by atoms with Crippen LogP contribution in [0.1, 0.15) is 17.2 Å². The van der Waals surface area contributed by atoms with Crippen molar-refractivity contribution in [1.82, 2.24) is 10.6 Å². The molecule has 2 aromatic carbocycles. The standard InChI is InChI=1S/C18H20FN3O3.HI/c1-20-18(22-10-15(23)13-4-2-3-5-14(13)19)21-9-12-6-7-16-17(8-12)25-11-24-16;/h2-8,15,23H,9-11H2,1H3,(H2,20,21,22);1H. The number of fused-ring (bicyclic) bond motifs is 1. The molecule has 1 unspecified atom stereocenters. The number of hydrogen-bond acceptors (Lipinski definition) is 4. The maximum atomic E-state index is 13.7. The highest BCUT2D eigenvalue weighted by Gasteiger charge is 2.14. The third-order valence-corrected chi connectivity index (χ3v) is 3.85. The summed E-state index contributed by atoms with van der Waals surface area (Å²) in [5, 5.41) is 16.2. The highest BCUT2D eigenvalue weighted by molar-refractivity contribution is 14.0. The lowest BCUT2D eigenvalue weighted by Crippen LogP contribution is -2.39. The van der Waals surface area contributed by atoms with Gasteiger partial charge in [0, 0.05) is 25.7 Å². The first-order valence-corrected chi connectivity index (χ1v) is 7.93. The number of ether oxygens (including phenoxy) is 2. The fourth-order valence-corrected chi connectivity index (χ4v) is 2.51. The smallest absolute Gasteiger partial charge is 0.231 e. The van der Waals surface area contributed by atoms with Crippen molar-refractivity contribution in [3.8, 4) is 11.5 Å². The van der Waals surface area contributed by atoms with Crippen LogP contribution in [0.25, 0.3) is 0 Å². The maximum absolute atomic E-state index is 13.7. The van der Waals surface area contributed by atoms with E-state index >= 15 is 0 Å². The summed E-state index contributed by atoms with van der Waals surface area (Å²) in [6, 6.07) is 11.9. The van der Waals surface area contributed by atoms with Crippen molar-refractivity contribution in [3.63, 3.8) is 0 Å². The Morgan fingerprint density at radius 1 is 1.19 bits per heavy atom. The Balaban J connectivity index is 0.00000243. The lowest BCUT2D eigenvalue weighted by molar-refractivity contribution is 0.174. The predicted octanol–water partition coefficient (Wildman–Crippen LogP) is 2.57. The van der Waals surface area contributed by atoms with E-state index in [4.69, 9.17) is 9.47 Å².